The molecule has 0 heterocycles. The van der Waals surface area contributed by atoms with E-state index in [-0.39, 0.29) is 0 Å². The van der Waals surface area contributed by atoms with Gasteiger partial charge in [-0.3, -0.25) is 0 Å². The molecule has 0 bridgehead atoms. The number of hydrogen-bond donors (Lipinski definition) is 1. The molecule has 1 aliphatic carbocycles. The molecule has 0 aliphatic heterocycles. The Hall–Kier alpha value is 0.270. The zero-order valence-corrected chi connectivity index (χ0v) is 11.8. The molecule has 96 valence electrons. The minimum atomic E-state index is 0.734. The monoisotopic (exact) mass is 245 g/mol. The van der Waals surface area contributed by atoms with Gasteiger partial charge in [0.2, 0.25) is 0 Å². The van der Waals surface area contributed by atoms with E-state index in [0.717, 1.165) is 29.6 Å². The number of nitrogens with one attached hydrogen (secondary N) is 1. The van der Waals surface area contributed by atoms with Crippen molar-refractivity contribution in [2.24, 2.45) is 5.92 Å². The Bertz CT molecular complexity index is 175. The highest BCUT2D eigenvalue weighted by molar-refractivity contribution is 7.99. The summed E-state index contributed by atoms with van der Waals surface area (Å²) in [4.78, 5) is 0. The normalized spacial score (nSPS) is 30.6. The fraction of sp³-hybridized carbons (Fsp3) is 1.00. The first-order chi connectivity index (χ1) is 7.77. The molecule has 0 amide bonds. The van der Waals surface area contributed by atoms with Crippen LogP contribution >= 0.6 is 11.8 Å². The predicted octanol–water partition coefficient (Wildman–Crippen LogP) is 2.92. The van der Waals surface area contributed by atoms with E-state index < -0.39 is 0 Å². The van der Waals surface area contributed by atoms with Crippen molar-refractivity contribution < 1.29 is 4.74 Å². The van der Waals surface area contributed by atoms with Crippen LogP contribution in [0.15, 0.2) is 0 Å². The van der Waals surface area contributed by atoms with Crippen molar-refractivity contribution in [3.63, 3.8) is 0 Å². The van der Waals surface area contributed by atoms with Crippen LogP contribution < -0.4 is 5.32 Å². The third-order valence-corrected chi connectivity index (χ3v) is 4.68. The lowest BCUT2D eigenvalue weighted by Crippen LogP contribution is -2.42. The summed E-state index contributed by atoms with van der Waals surface area (Å²) in [5.41, 5.74) is 0. The maximum absolute atomic E-state index is 5.13. The summed E-state index contributed by atoms with van der Waals surface area (Å²) >= 11 is 2.10. The summed E-state index contributed by atoms with van der Waals surface area (Å²) in [6.45, 7) is 6.68. The maximum Gasteiger partial charge on any atom is 0.0553 e. The number of methoxy groups -OCH3 is 1. The average Bonchev–Trinajstić information content (AvgIpc) is 2.28. The third-order valence-electron chi connectivity index (χ3n) is 3.33. The maximum atomic E-state index is 5.13. The average molecular weight is 245 g/mol. The van der Waals surface area contributed by atoms with Gasteiger partial charge < -0.3 is 10.1 Å². The van der Waals surface area contributed by atoms with Crippen LogP contribution in [0.1, 0.15) is 39.5 Å². The second kappa shape index (κ2) is 8.37. The van der Waals surface area contributed by atoms with Gasteiger partial charge >= 0.3 is 0 Å². The first kappa shape index (κ1) is 14.3. The lowest BCUT2D eigenvalue weighted by molar-refractivity contribution is 0.218. The Kier molecular flexibility index (Phi) is 7.50. The minimum absolute atomic E-state index is 0.734. The van der Waals surface area contributed by atoms with E-state index in [2.05, 4.69) is 30.9 Å². The molecular weight excluding hydrogens is 218 g/mol. The van der Waals surface area contributed by atoms with E-state index in [9.17, 15) is 0 Å². The van der Waals surface area contributed by atoms with Gasteiger partial charge in [0.25, 0.3) is 0 Å². The Labute approximate surface area is 105 Å². The summed E-state index contributed by atoms with van der Waals surface area (Å²) in [5.74, 6) is 2.04. The molecule has 3 atom stereocenters. The van der Waals surface area contributed by atoms with Gasteiger partial charge in [0, 0.05) is 24.2 Å². The fourth-order valence-electron chi connectivity index (χ4n) is 2.36. The Morgan fingerprint density at radius 3 is 2.88 bits per heavy atom. The first-order valence-corrected chi connectivity index (χ1v) is 7.66. The minimum Gasteiger partial charge on any atom is -0.384 e. The Balaban J connectivity index is 2.32. The van der Waals surface area contributed by atoms with Gasteiger partial charge in [-0.05, 0) is 38.1 Å². The van der Waals surface area contributed by atoms with Crippen molar-refractivity contribution in [2.45, 2.75) is 50.8 Å². The predicted molar refractivity (Wildman–Crippen MR) is 73.2 cm³/mol. The summed E-state index contributed by atoms with van der Waals surface area (Å²) < 4.78 is 5.13. The molecule has 0 spiro atoms. The van der Waals surface area contributed by atoms with Crippen LogP contribution in [0.25, 0.3) is 0 Å². The van der Waals surface area contributed by atoms with Gasteiger partial charge in [-0.15, -0.1) is 0 Å². The van der Waals surface area contributed by atoms with Gasteiger partial charge in [0.15, 0.2) is 0 Å². The molecule has 1 saturated carbocycles. The second-order valence-electron chi connectivity index (χ2n) is 4.88. The van der Waals surface area contributed by atoms with E-state index >= 15 is 0 Å². The smallest absolute Gasteiger partial charge is 0.0553 e. The molecule has 3 unspecified atom stereocenters. The third kappa shape index (κ3) is 5.07. The molecule has 1 N–H and O–H groups in total. The van der Waals surface area contributed by atoms with E-state index in [1.54, 1.807) is 7.11 Å². The zero-order valence-electron chi connectivity index (χ0n) is 11.0. The highest BCUT2D eigenvalue weighted by Gasteiger charge is 2.28. The SMILES string of the molecule is CCCNC1CCC(C)CC1SCCOC. The van der Waals surface area contributed by atoms with Gasteiger partial charge in [0.05, 0.1) is 6.61 Å². The molecule has 0 radical (unpaired) electrons. The molecule has 2 nitrogen and oxygen atoms in total. The van der Waals surface area contributed by atoms with Gasteiger partial charge in [0.1, 0.15) is 0 Å². The molecular formula is C13H27NOS. The van der Waals surface area contributed by atoms with Crippen LogP contribution in [-0.4, -0.2) is 37.3 Å². The molecule has 1 fully saturated rings. The highest BCUT2D eigenvalue weighted by Crippen LogP contribution is 2.32. The standard InChI is InChI=1S/C13H27NOS/c1-4-7-14-12-6-5-11(2)10-13(12)16-9-8-15-3/h11-14H,4-10H2,1-3H3. The summed E-state index contributed by atoms with van der Waals surface area (Å²) in [6, 6.07) is 0.734. The van der Waals surface area contributed by atoms with Crippen molar-refractivity contribution in [3.05, 3.63) is 0 Å². The fourth-order valence-corrected chi connectivity index (χ4v) is 3.85. The van der Waals surface area contributed by atoms with Gasteiger partial charge in [-0.1, -0.05) is 13.8 Å². The van der Waals surface area contributed by atoms with Crippen molar-refractivity contribution in [1.29, 1.82) is 0 Å². The van der Waals surface area contributed by atoms with Crippen LogP contribution in [-0.2, 0) is 4.74 Å². The Morgan fingerprint density at radius 2 is 2.19 bits per heavy atom. The number of rotatable bonds is 7. The number of ether oxygens (including phenoxy) is 1. The van der Waals surface area contributed by atoms with Crippen LogP contribution in [0.4, 0.5) is 0 Å². The lowest BCUT2D eigenvalue weighted by Gasteiger charge is -2.35. The molecule has 3 heteroatoms. The van der Waals surface area contributed by atoms with Crippen molar-refractivity contribution in [2.75, 3.05) is 26.0 Å². The van der Waals surface area contributed by atoms with Crippen LogP contribution in [0.5, 0.6) is 0 Å². The van der Waals surface area contributed by atoms with Crippen molar-refractivity contribution in [1.82, 2.24) is 5.32 Å². The lowest BCUT2D eigenvalue weighted by atomic mass is 9.87. The molecule has 0 aromatic heterocycles. The first-order valence-electron chi connectivity index (χ1n) is 6.61. The van der Waals surface area contributed by atoms with E-state index in [1.807, 2.05) is 0 Å². The van der Waals surface area contributed by atoms with Gasteiger partial charge in [-0.2, -0.15) is 11.8 Å². The van der Waals surface area contributed by atoms with E-state index in [0.29, 0.717) is 0 Å². The van der Waals surface area contributed by atoms with Crippen LogP contribution in [0, 0.1) is 5.92 Å². The largest absolute Gasteiger partial charge is 0.384 e. The molecule has 0 saturated heterocycles. The molecule has 0 aromatic rings. The number of thioether (sulfide) groups is 1. The summed E-state index contributed by atoms with van der Waals surface area (Å²) in [7, 11) is 1.79. The molecule has 16 heavy (non-hydrogen) atoms. The zero-order chi connectivity index (χ0) is 11.8. The Morgan fingerprint density at radius 1 is 1.38 bits per heavy atom. The van der Waals surface area contributed by atoms with Crippen molar-refractivity contribution in [3.8, 4) is 0 Å². The topological polar surface area (TPSA) is 21.3 Å². The quantitative estimate of drug-likeness (QED) is 0.697. The van der Waals surface area contributed by atoms with Crippen LogP contribution in [0.3, 0.4) is 0 Å². The second-order valence-corrected chi connectivity index (χ2v) is 6.23. The molecule has 0 aromatic carbocycles. The summed E-state index contributed by atoms with van der Waals surface area (Å²) in [5, 5.41) is 4.50. The summed E-state index contributed by atoms with van der Waals surface area (Å²) in [6.07, 6.45) is 5.35. The number of hydrogen-bond acceptors (Lipinski definition) is 3. The molecule has 1 rings (SSSR count). The van der Waals surface area contributed by atoms with Crippen LogP contribution in [0.2, 0.25) is 0 Å². The van der Waals surface area contributed by atoms with Crippen molar-refractivity contribution >= 4 is 11.8 Å². The van der Waals surface area contributed by atoms with Gasteiger partial charge in [-0.25, -0.2) is 0 Å². The highest BCUT2D eigenvalue weighted by atomic mass is 32.2. The molecule has 1 aliphatic rings. The van der Waals surface area contributed by atoms with E-state index in [4.69, 9.17) is 4.74 Å². The van der Waals surface area contributed by atoms with E-state index in [1.165, 1.54) is 32.2 Å².